The third kappa shape index (κ3) is 3.00. The molecule has 110 valence electrons. The van der Waals surface area contributed by atoms with E-state index in [1.54, 1.807) is 0 Å². The number of pyridine rings is 1. The topological polar surface area (TPSA) is 37.4 Å². The first-order valence-corrected chi connectivity index (χ1v) is 7.54. The molecule has 0 radical (unpaired) electrons. The lowest BCUT2D eigenvalue weighted by Crippen LogP contribution is -2.22. The molecule has 0 saturated carbocycles. The van der Waals surface area contributed by atoms with E-state index < -0.39 is 0 Å². The standard InChI is InChI=1S/C17H21N3O/c1-2-18-13-14-7-5-10-19-17(14)20-11-6-12-21-16-9-4-3-8-15(16)20/h3-5,7-10,18H,2,6,11-13H2,1H3. The normalized spacial score (nSPS) is 14.2. The number of ether oxygens (including phenoxy) is 1. The number of fused-ring (bicyclic) bond motifs is 1. The van der Waals surface area contributed by atoms with Crippen molar-refractivity contribution in [1.82, 2.24) is 10.3 Å². The Bertz CT molecular complexity index is 600. The first kappa shape index (κ1) is 13.9. The number of nitrogens with one attached hydrogen (secondary N) is 1. The predicted molar refractivity (Wildman–Crippen MR) is 85.2 cm³/mol. The van der Waals surface area contributed by atoms with Crippen molar-refractivity contribution in [2.45, 2.75) is 19.9 Å². The van der Waals surface area contributed by atoms with E-state index in [0.717, 1.165) is 49.9 Å². The van der Waals surface area contributed by atoms with Gasteiger partial charge in [0.2, 0.25) is 0 Å². The molecule has 3 rings (SSSR count). The Balaban J connectivity index is 2.00. The fourth-order valence-corrected chi connectivity index (χ4v) is 2.62. The van der Waals surface area contributed by atoms with Gasteiger partial charge in [-0.05, 0) is 31.2 Å². The van der Waals surface area contributed by atoms with Crippen molar-refractivity contribution in [2.75, 3.05) is 24.6 Å². The first-order valence-electron chi connectivity index (χ1n) is 7.54. The number of rotatable bonds is 4. The van der Waals surface area contributed by atoms with Gasteiger partial charge in [0, 0.05) is 24.8 Å². The van der Waals surface area contributed by atoms with Gasteiger partial charge in [-0.2, -0.15) is 0 Å². The number of hydrogen-bond donors (Lipinski definition) is 1. The molecule has 1 aromatic carbocycles. The van der Waals surface area contributed by atoms with E-state index in [2.05, 4.69) is 34.3 Å². The summed E-state index contributed by atoms with van der Waals surface area (Å²) in [7, 11) is 0. The minimum Gasteiger partial charge on any atom is -0.491 e. The van der Waals surface area contributed by atoms with Crippen molar-refractivity contribution in [3.8, 4) is 5.75 Å². The Kier molecular flexibility index (Phi) is 4.36. The smallest absolute Gasteiger partial charge is 0.142 e. The molecular weight excluding hydrogens is 262 g/mol. The summed E-state index contributed by atoms with van der Waals surface area (Å²) in [6.45, 7) is 5.58. The van der Waals surface area contributed by atoms with Crippen molar-refractivity contribution in [3.63, 3.8) is 0 Å². The first-order chi connectivity index (χ1) is 10.4. The van der Waals surface area contributed by atoms with Gasteiger partial charge in [0.25, 0.3) is 0 Å². The Morgan fingerprint density at radius 3 is 3.05 bits per heavy atom. The van der Waals surface area contributed by atoms with Crippen LogP contribution in [-0.4, -0.2) is 24.7 Å². The molecule has 1 N–H and O–H groups in total. The maximum Gasteiger partial charge on any atom is 0.142 e. The van der Waals surface area contributed by atoms with Crippen LogP contribution in [0.25, 0.3) is 0 Å². The van der Waals surface area contributed by atoms with E-state index in [0.29, 0.717) is 0 Å². The highest BCUT2D eigenvalue weighted by atomic mass is 16.5. The maximum absolute atomic E-state index is 5.84. The molecule has 2 heterocycles. The lowest BCUT2D eigenvalue weighted by Gasteiger charge is -2.25. The van der Waals surface area contributed by atoms with Gasteiger partial charge in [0.05, 0.1) is 12.3 Å². The Labute approximate surface area is 125 Å². The summed E-state index contributed by atoms with van der Waals surface area (Å²) in [5.74, 6) is 1.96. The van der Waals surface area contributed by atoms with Gasteiger partial charge >= 0.3 is 0 Å². The van der Waals surface area contributed by atoms with Crippen LogP contribution in [0.4, 0.5) is 11.5 Å². The van der Waals surface area contributed by atoms with Crippen LogP contribution in [0.5, 0.6) is 5.75 Å². The second-order valence-electron chi connectivity index (χ2n) is 5.09. The fourth-order valence-electron chi connectivity index (χ4n) is 2.62. The highest BCUT2D eigenvalue weighted by Crippen LogP contribution is 2.36. The highest BCUT2D eigenvalue weighted by Gasteiger charge is 2.20. The Morgan fingerprint density at radius 2 is 2.14 bits per heavy atom. The van der Waals surface area contributed by atoms with Gasteiger partial charge < -0.3 is 15.0 Å². The van der Waals surface area contributed by atoms with E-state index >= 15 is 0 Å². The van der Waals surface area contributed by atoms with Crippen molar-refractivity contribution >= 4 is 11.5 Å². The second kappa shape index (κ2) is 6.59. The largest absolute Gasteiger partial charge is 0.491 e. The summed E-state index contributed by atoms with van der Waals surface area (Å²) >= 11 is 0. The lowest BCUT2D eigenvalue weighted by atomic mass is 10.2. The van der Waals surface area contributed by atoms with Gasteiger partial charge in [0.15, 0.2) is 0 Å². The van der Waals surface area contributed by atoms with Gasteiger partial charge in [-0.25, -0.2) is 4.98 Å². The zero-order chi connectivity index (χ0) is 14.5. The highest BCUT2D eigenvalue weighted by molar-refractivity contribution is 5.69. The Hall–Kier alpha value is -2.07. The fraction of sp³-hybridized carbons (Fsp3) is 0.353. The number of aromatic nitrogens is 1. The van der Waals surface area contributed by atoms with E-state index in [1.807, 2.05) is 30.5 Å². The monoisotopic (exact) mass is 283 g/mol. The van der Waals surface area contributed by atoms with E-state index in [-0.39, 0.29) is 0 Å². The average molecular weight is 283 g/mol. The van der Waals surface area contributed by atoms with Crippen molar-refractivity contribution in [2.24, 2.45) is 0 Å². The van der Waals surface area contributed by atoms with Crippen LogP contribution in [0, 0.1) is 0 Å². The molecule has 0 spiro atoms. The summed E-state index contributed by atoms with van der Waals surface area (Å²) < 4.78 is 5.84. The van der Waals surface area contributed by atoms with Gasteiger partial charge in [-0.3, -0.25) is 0 Å². The second-order valence-corrected chi connectivity index (χ2v) is 5.09. The van der Waals surface area contributed by atoms with Crippen LogP contribution in [0.1, 0.15) is 18.9 Å². The average Bonchev–Trinajstić information content (AvgIpc) is 2.75. The van der Waals surface area contributed by atoms with Crippen molar-refractivity contribution in [1.29, 1.82) is 0 Å². The van der Waals surface area contributed by atoms with E-state index in [4.69, 9.17) is 4.74 Å². The molecule has 0 atom stereocenters. The maximum atomic E-state index is 5.84. The molecule has 1 aliphatic heterocycles. The molecule has 4 heteroatoms. The quantitative estimate of drug-likeness (QED) is 0.935. The van der Waals surface area contributed by atoms with Crippen molar-refractivity contribution in [3.05, 3.63) is 48.2 Å². The summed E-state index contributed by atoms with van der Waals surface area (Å²) in [6.07, 6.45) is 2.85. The van der Waals surface area contributed by atoms with Crippen LogP contribution >= 0.6 is 0 Å². The van der Waals surface area contributed by atoms with Crippen LogP contribution < -0.4 is 15.0 Å². The van der Waals surface area contributed by atoms with E-state index in [1.165, 1.54) is 5.56 Å². The number of anilines is 2. The van der Waals surface area contributed by atoms with Crippen LogP contribution in [-0.2, 0) is 6.54 Å². The van der Waals surface area contributed by atoms with Gasteiger partial charge in [-0.15, -0.1) is 0 Å². The number of para-hydroxylation sites is 2. The number of nitrogens with zero attached hydrogens (tertiary/aromatic N) is 2. The third-order valence-electron chi connectivity index (χ3n) is 3.63. The molecule has 4 nitrogen and oxygen atoms in total. The number of hydrogen-bond acceptors (Lipinski definition) is 4. The summed E-state index contributed by atoms with van der Waals surface area (Å²) in [5.41, 5.74) is 2.32. The number of benzene rings is 1. The van der Waals surface area contributed by atoms with Crippen LogP contribution in [0.15, 0.2) is 42.6 Å². The molecule has 21 heavy (non-hydrogen) atoms. The zero-order valence-electron chi connectivity index (χ0n) is 12.4. The summed E-state index contributed by atoms with van der Waals surface area (Å²) in [4.78, 5) is 6.90. The van der Waals surface area contributed by atoms with Gasteiger partial charge in [0.1, 0.15) is 11.6 Å². The molecule has 0 unspecified atom stereocenters. The molecule has 0 fully saturated rings. The molecule has 0 saturated heterocycles. The minimum atomic E-state index is 0.753. The molecule has 0 aliphatic carbocycles. The molecule has 0 amide bonds. The zero-order valence-corrected chi connectivity index (χ0v) is 12.4. The van der Waals surface area contributed by atoms with Crippen molar-refractivity contribution < 1.29 is 4.74 Å². The van der Waals surface area contributed by atoms with E-state index in [9.17, 15) is 0 Å². The van der Waals surface area contributed by atoms with Gasteiger partial charge in [-0.1, -0.05) is 25.1 Å². The summed E-state index contributed by atoms with van der Waals surface area (Å²) in [5, 5.41) is 3.39. The van der Waals surface area contributed by atoms with Crippen LogP contribution in [0.2, 0.25) is 0 Å². The summed E-state index contributed by atoms with van der Waals surface area (Å²) in [6, 6.07) is 12.3. The lowest BCUT2D eigenvalue weighted by molar-refractivity contribution is 0.322. The third-order valence-corrected chi connectivity index (χ3v) is 3.63. The molecule has 0 bridgehead atoms. The molecule has 1 aromatic heterocycles. The predicted octanol–water partition coefficient (Wildman–Crippen LogP) is 3.11. The van der Waals surface area contributed by atoms with Crippen LogP contribution in [0.3, 0.4) is 0 Å². The molecule has 1 aliphatic rings. The molecular formula is C17H21N3O. The molecule has 2 aromatic rings. The minimum absolute atomic E-state index is 0.753. The Morgan fingerprint density at radius 1 is 1.24 bits per heavy atom. The SMILES string of the molecule is CCNCc1cccnc1N1CCCOc2ccccc21.